The molecule has 10 heteroatoms. The van der Waals surface area contributed by atoms with E-state index in [2.05, 4.69) is 27.2 Å². The van der Waals surface area contributed by atoms with Crippen molar-refractivity contribution in [3.05, 3.63) is 64.2 Å². The lowest BCUT2D eigenvalue weighted by Gasteiger charge is -2.25. The van der Waals surface area contributed by atoms with Gasteiger partial charge >= 0.3 is 5.97 Å². The minimum Gasteiger partial charge on any atom is -0.478 e. The summed E-state index contributed by atoms with van der Waals surface area (Å²) < 4.78 is 0. The smallest absolute Gasteiger partial charge is 0.328 e. The van der Waals surface area contributed by atoms with Crippen LogP contribution in [-0.2, 0) is 11.2 Å². The molecule has 0 aliphatic carbocycles. The maximum atomic E-state index is 11.6. The molecule has 2 aromatic heterocycles. The van der Waals surface area contributed by atoms with Gasteiger partial charge in [-0.05, 0) is 61.3 Å². The number of pyridine rings is 1. The SMILES string of the molecule is CCCC[C@H](N)CCC[C@H](CC[C@@H](Nc1ccc[nH]1)/C(=C/C(=O)O)CN=C(N)N)Cc1ccc(=O)[nH]c1. The number of nitrogens with zero attached hydrogens (tertiary/aromatic N) is 1. The van der Waals surface area contributed by atoms with E-state index in [1.165, 1.54) is 6.08 Å². The van der Waals surface area contributed by atoms with E-state index < -0.39 is 5.97 Å². The summed E-state index contributed by atoms with van der Waals surface area (Å²) in [6, 6.07) is 7.09. The number of rotatable bonds is 18. The maximum absolute atomic E-state index is 11.6. The predicted octanol–water partition coefficient (Wildman–Crippen LogP) is 3.09. The highest BCUT2D eigenvalue weighted by molar-refractivity contribution is 5.81. The van der Waals surface area contributed by atoms with E-state index in [9.17, 15) is 14.7 Å². The second kappa shape index (κ2) is 16.3. The van der Waals surface area contributed by atoms with Gasteiger partial charge in [-0.15, -0.1) is 0 Å². The van der Waals surface area contributed by atoms with E-state index in [-0.39, 0.29) is 30.1 Å². The third-order valence-electron chi connectivity index (χ3n) is 6.48. The van der Waals surface area contributed by atoms with Crippen molar-refractivity contribution >= 4 is 17.7 Å². The van der Waals surface area contributed by atoms with Crippen LogP contribution < -0.4 is 28.1 Å². The molecule has 10 nitrogen and oxygen atoms in total. The van der Waals surface area contributed by atoms with Crippen LogP contribution in [0.25, 0.3) is 0 Å². The van der Waals surface area contributed by atoms with Crippen LogP contribution in [0.2, 0.25) is 0 Å². The van der Waals surface area contributed by atoms with E-state index in [1.54, 1.807) is 18.5 Å². The molecular weight excluding hydrogens is 470 g/mol. The number of carboxylic acids is 1. The van der Waals surface area contributed by atoms with Crippen LogP contribution in [0.4, 0.5) is 5.82 Å². The largest absolute Gasteiger partial charge is 0.478 e. The lowest BCUT2D eigenvalue weighted by molar-refractivity contribution is -0.131. The Bertz CT molecular complexity index is 1020. The third-order valence-corrected chi connectivity index (χ3v) is 6.48. The number of aliphatic carboxylic acids is 1. The zero-order chi connectivity index (χ0) is 27.0. The Labute approximate surface area is 218 Å². The number of aromatic amines is 2. The number of hydrogen-bond donors (Lipinski definition) is 7. The normalized spacial score (nSPS) is 14.1. The minimum atomic E-state index is -1.05. The van der Waals surface area contributed by atoms with Gasteiger partial charge in [-0.25, -0.2) is 9.79 Å². The molecule has 3 atom stereocenters. The molecule has 0 radical (unpaired) electrons. The van der Waals surface area contributed by atoms with Gasteiger partial charge in [0.2, 0.25) is 5.56 Å². The molecule has 2 rings (SSSR count). The molecule has 0 saturated carbocycles. The van der Waals surface area contributed by atoms with Crippen molar-refractivity contribution in [2.75, 3.05) is 11.9 Å². The average molecular weight is 514 g/mol. The maximum Gasteiger partial charge on any atom is 0.328 e. The molecule has 0 fully saturated rings. The van der Waals surface area contributed by atoms with Gasteiger partial charge in [0.15, 0.2) is 5.96 Å². The lowest BCUT2D eigenvalue weighted by atomic mass is 9.87. The highest BCUT2D eigenvalue weighted by atomic mass is 16.4. The number of aliphatic imine (C=N–C) groups is 1. The monoisotopic (exact) mass is 513 g/mol. The standard InChI is InChI=1S/C27H43N7O3/c1-2-3-7-22(28)8-4-6-19(15-20-11-13-25(35)32-17-20)10-12-23(34-24-9-5-14-31-24)21(16-26(36)37)18-33-27(29)30/h5,9,11,13-14,16-17,19,22-23,31,34H,2-4,6-8,10,12,15,18,28H2,1H3,(H,32,35)(H,36,37)(H4,29,30,33)/b21-16+/t19-,22+,23-/m1/s1. The van der Waals surface area contributed by atoms with Crippen molar-refractivity contribution in [3.63, 3.8) is 0 Å². The van der Waals surface area contributed by atoms with E-state index in [4.69, 9.17) is 17.2 Å². The molecule has 0 aliphatic heterocycles. The fraction of sp³-hybridized carbons (Fsp3) is 0.519. The first kappa shape index (κ1) is 29.7. The molecule has 2 heterocycles. The zero-order valence-corrected chi connectivity index (χ0v) is 21.8. The number of H-pyrrole nitrogens is 2. The summed E-state index contributed by atoms with van der Waals surface area (Å²) >= 11 is 0. The number of hydrogen-bond acceptors (Lipinski definition) is 5. The molecule has 0 aliphatic rings. The van der Waals surface area contributed by atoms with Gasteiger partial charge in [-0.3, -0.25) is 4.79 Å². The molecule has 0 spiro atoms. The summed E-state index contributed by atoms with van der Waals surface area (Å²) in [4.78, 5) is 33.0. The lowest BCUT2D eigenvalue weighted by Crippen LogP contribution is -2.28. The Morgan fingerprint density at radius 1 is 1.11 bits per heavy atom. The topological polar surface area (TPSA) is 188 Å². The van der Waals surface area contributed by atoms with Crippen LogP contribution in [-0.4, -0.2) is 45.6 Å². The van der Waals surface area contributed by atoms with E-state index in [0.717, 1.165) is 62.7 Å². The molecule has 0 aromatic carbocycles. The number of nitrogens with one attached hydrogen (secondary N) is 3. The summed E-state index contributed by atoms with van der Waals surface area (Å²) in [6.45, 7) is 2.26. The van der Waals surface area contributed by atoms with Gasteiger partial charge in [-0.1, -0.05) is 38.7 Å². The van der Waals surface area contributed by atoms with Gasteiger partial charge in [0.1, 0.15) is 5.82 Å². The van der Waals surface area contributed by atoms with Crippen LogP contribution in [0.3, 0.4) is 0 Å². The van der Waals surface area contributed by atoms with Gasteiger partial charge in [0.25, 0.3) is 0 Å². The molecular formula is C27H43N7O3. The van der Waals surface area contributed by atoms with Crippen LogP contribution >= 0.6 is 0 Å². The summed E-state index contributed by atoms with van der Waals surface area (Å²) in [5, 5.41) is 12.9. The summed E-state index contributed by atoms with van der Waals surface area (Å²) in [5.74, 6) is -0.0355. The van der Waals surface area contributed by atoms with Gasteiger partial charge in [0.05, 0.1) is 12.6 Å². The summed E-state index contributed by atoms with van der Waals surface area (Å²) in [5.41, 5.74) is 18.9. The van der Waals surface area contributed by atoms with E-state index in [1.807, 2.05) is 18.2 Å². The molecule has 0 amide bonds. The fourth-order valence-corrected chi connectivity index (χ4v) is 4.49. The molecule has 0 bridgehead atoms. The van der Waals surface area contributed by atoms with Crippen molar-refractivity contribution in [1.82, 2.24) is 9.97 Å². The zero-order valence-electron chi connectivity index (χ0n) is 21.8. The number of unbranched alkanes of at least 4 members (excludes halogenated alkanes) is 1. The number of carboxylic acid groups (broad SMARTS) is 1. The number of guanidine groups is 1. The average Bonchev–Trinajstić information content (AvgIpc) is 3.37. The van der Waals surface area contributed by atoms with Crippen molar-refractivity contribution in [3.8, 4) is 0 Å². The second-order valence-corrected chi connectivity index (χ2v) is 9.62. The molecule has 2 aromatic rings. The van der Waals surface area contributed by atoms with Crippen molar-refractivity contribution in [2.45, 2.75) is 76.8 Å². The van der Waals surface area contributed by atoms with E-state index >= 15 is 0 Å². The first-order valence-electron chi connectivity index (χ1n) is 13.1. The number of carbonyl (C=O) groups is 1. The number of anilines is 1. The second-order valence-electron chi connectivity index (χ2n) is 9.62. The van der Waals surface area contributed by atoms with Crippen LogP contribution in [0, 0.1) is 5.92 Å². The third kappa shape index (κ3) is 12.3. The molecule has 204 valence electrons. The first-order valence-corrected chi connectivity index (χ1v) is 13.1. The van der Waals surface area contributed by atoms with Crippen LogP contribution in [0.15, 0.2) is 58.1 Å². The summed E-state index contributed by atoms with van der Waals surface area (Å²) in [7, 11) is 0. The van der Waals surface area contributed by atoms with Gasteiger partial charge < -0.3 is 37.6 Å². The Hall–Kier alpha value is -3.53. The van der Waals surface area contributed by atoms with Gasteiger partial charge in [0, 0.05) is 30.6 Å². The molecule has 0 unspecified atom stereocenters. The highest BCUT2D eigenvalue weighted by Crippen LogP contribution is 2.25. The molecule has 0 saturated heterocycles. The Balaban J connectivity index is 2.17. The Morgan fingerprint density at radius 2 is 1.89 bits per heavy atom. The number of nitrogens with two attached hydrogens (primary N) is 3. The quantitative estimate of drug-likeness (QED) is 0.0905. The van der Waals surface area contributed by atoms with E-state index in [0.29, 0.717) is 17.9 Å². The van der Waals surface area contributed by atoms with Crippen LogP contribution in [0.1, 0.15) is 63.9 Å². The van der Waals surface area contributed by atoms with Gasteiger partial charge in [-0.2, -0.15) is 0 Å². The molecule has 37 heavy (non-hydrogen) atoms. The summed E-state index contributed by atoms with van der Waals surface area (Å²) in [6.07, 6.45) is 13.4. The predicted molar refractivity (Wildman–Crippen MR) is 149 cm³/mol. The minimum absolute atomic E-state index is 0.0872. The van der Waals surface area contributed by atoms with Crippen LogP contribution in [0.5, 0.6) is 0 Å². The van der Waals surface area contributed by atoms with Crippen molar-refractivity contribution in [1.29, 1.82) is 0 Å². The highest BCUT2D eigenvalue weighted by Gasteiger charge is 2.20. The van der Waals surface area contributed by atoms with Crippen molar-refractivity contribution in [2.24, 2.45) is 28.1 Å². The number of aromatic nitrogens is 2. The first-order chi connectivity index (χ1) is 17.8. The fourth-order valence-electron chi connectivity index (χ4n) is 4.49. The molecule has 10 N–H and O–H groups in total. The van der Waals surface area contributed by atoms with Crippen molar-refractivity contribution < 1.29 is 9.90 Å². The Morgan fingerprint density at radius 3 is 2.51 bits per heavy atom. The Kier molecular flexibility index (Phi) is 13.1.